The summed E-state index contributed by atoms with van der Waals surface area (Å²) >= 11 is 0. The molecular weight excluding hydrogens is 276 g/mol. The van der Waals surface area contributed by atoms with Crippen LogP contribution in [0.4, 0.5) is 0 Å². The Morgan fingerprint density at radius 2 is 1.95 bits per heavy atom. The number of aliphatic carboxylic acids is 1. The Kier molecular flexibility index (Phi) is 5.03. The van der Waals surface area contributed by atoms with E-state index in [4.69, 9.17) is 4.74 Å². The van der Waals surface area contributed by atoms with E-state index in [2.05, 4.69) is 12.3 Å². The van der Waals surface area contributed by atoms with Crippen LogP contribution < -0.4 is 4.74 Å². The van der Waals surface area contributed by atoms with Crippen LogP contribution in [0, 0.1) is 5.92 Å². The van der Waals surface area contributed by atoms with E-state index in [1.54, 1.807) is 7.11 Å². The van der Waals surface area contributed by atoms with Gasteiger partial charge in [-0.1, -0.05) is 38.1 Å². The minimum Gasteiger partial charge on any atom is -0.497 e. The molecule has 0 saturated carbocycles. The standard InChI is InChI=1S/C19H20O3/c1-4-6-18(19(20)21)17(5-2)15-8-7-14-12-16(22-3)10-9-13(14)11-15/h7-12,18H,2,4,6H2,1,3H3,(H,20,21). The molecule has 114 valence electrons. The molecule has 0 heterocycles. The molecule has 3 heteroatoms. The van der Waals surface area contributed by atoms with Gasteiger partial charge in [-0.25, -0.2) is 0 Å². The lowest BCUT2D eigenvalue weighted by Crippen LogP contribution is -2.15. The molecule has 1 atom stereocenters. The third kappa shape index (κ3) is 3.21. The second-order valence-corrected chi connectivity index (χ2v) is 5.20. The van der Waals surface area contributed by atoms with Crippen LogP contribution in [0.5, 0.6) is 5.75 Å². The fraction of sp³-hybridized carbons (Fsp3) is 0.263. The van der Waals surface area contributed by atoms with Crippen molar-refractivity contribution < 1.29 is 14.6 Å². The third-order valence-electron chi connectivity index (χ3n) is 3.77. The molecule has 0 aliphatic rings. The summed E-state index contributed by atoms with van der Waals surface area (Å²) < 4.78 is 5.22. The fourth-order valence-electron chi connectivity index (χ4n) is 2.62. The van der Waals surface area contributed by atoms with Gasteiger partial charge in [0.25, 0.3) is 0 Å². The van der Waals surface area contributed by atoms with E-state index in [0.29, 0.717) is 12.0 Å². The summed E-state index contributed by atoms with van der Waals surface area (Å²) in [5, 5.41) is 11.5. The lowest BCUT2D eigenvalue weighted by molar-refractivity contribution is -0.139. The first-order chi connectivity index (χ1) is 10.6. The largest absolute Gasteiger partial charge is 0.497 e. The van der Waals surface area contributed by atoms with Gasteiger partial charge in [0.15, 0.2) is 0 Å². The first-order valence-electron chi connectivity index (χ1n) is 7.31. The van der Waals surface area contributed by atoms with E-state index >= 15 is 0 Å². The van der Waals surface area contributed by atoms with Crippen LogP contribution in [0.15, 0.2) is 48.7 Å². The van der Waals surface area contributed by atoms with Gasteiger partial charge in [-0.3, -0.25) is 4.79 Å². The lowest BCUT2D eigenvalue weighted by atomic mass is 9.89. The minimum absolute atomic E-state index is 0.571. The summed E-state index contributed by atoms with van der Waals surface area (Å²) in [7, 11) is 1.64. The van der Waals surface area contributed by atoms with Gasteiger partial charge in [0.1, 0.15) is 5.75 Å². The quantitative estimate of drug-likeness (QED) is 0.797. The highest BCUT2D eigenvalue weighted by atomic mass is 16.5. The number of rotatable bonds is 6. The third-order valence-corrected chi connectivity index (χ3v) is 3.77. The fourth-order valence-corrected chi connectivity index (χ4v) is 2.62. The summed E-state index contributed by atoms with van der Waals surface area (Å²) in [6.45, 7) is 5.66. The molecule has 0 fully saturated rings. The molecule has 2 aromatic rings. The van der Waals surface area contributed by atoms with Gasteiger partial charge in [-0.15, -0.1) is 5.73 Å². The summed E-state index contributed by atoms with van der Waals surface area (Å²) in [5.74, 6) is -0.602. The highest BCUT2D eigenvalue weighted by Gasteiger charge is 2.22. The van der Waals surface area contributed by atoms with Crippen LogP contribution in [0.2, 0.25) is 0 Å². The number of benzene rings is 2. The van der Waals surface area contributed by atoms with Gasteiger partial charge in [0.05, 0.1) is 13.0 Å². The molecule has 1 unspecified atom stereocenters. The van der Waals surface area contributed by atoms with Crippen molar-refractivity contribution in [1.82, 2.24) is 0 Å². The average Bonchev–Trinajstić information content (AvgIpc) is 2.54. The lowest BCUT2D eigenvalue weighted by Gasteiger charge is -2.15. The topological polar surface area (TPSA) is 46.5 Å². The highest BCUT2D eigenvalue weighted by Crippen LogP contribution is 2.30. The van der Waals surface area contributed by atoms with Crippen molar-refractivity contribution in [2.45, 2.75) is 19.8 Å². The van der Waals surface area contributed by atoms with Crippen molar-refractivity contribution in [3.05, 3.63) is 54.3 Å². The Hall–Kier alpha value is -2.51. The number of carboxylic acid groups (broad SMARTS) is 1. The zero-order valence-electron chi connectivity index (χ0n) is 12.9. The van der Waals surface area contributed by atoms with Crippen molar-refractivity contribution in [3.8, 4) is 5.75 Å². The van der Waals surface area contributed by atoms with E-state index in [1.165, 1.54) is 0 Å². The second kappa shape index (κ2) is 6.97. The molecule has 22 heavy (non-hydrogen) atoms. The van der Waals surface area contributed by atoms with E-state index < -0.39 is 11.9 Å². The van der Waals surface area contributed by atoms with Gasteiger partial charge >= 0.3 is 5.97 Å². The summed E-state index contributed by atoms with van der Waals surface area (Å²) in [6, 6.07) is 11.7. The van der Waals surface area contributed by atoms with Crippen LogP contribution in [-0.2, 0) is 4.79 Å². The van der Waals surface area contributed by atoms with Crippen LogP contribution in [-0.4, -0.2) is 18.2 Å². The Morgan fingerprint density at radius 1 is 1.27 bits per heavy atom. The van der Waals surface area contributed by atoms with E-state index in [-0.39, 0.29) is 0 Å². The van der Waals surface area contributed by atoms with Gasteiger partial charge in [-0.2, -0.15) is 0 Å². The zero-order chi connectivity index (χ0) is 16.1. The Labute approximate surface area is 130 Å². The normalized spacial score (nSPS) is 11.7. The molecule has 0 saturated heterocycles. The monoisotopic (exact) mass is 296 g/mol. The molecule has 0 aliphatic carbocycles. The van der Waals surface area contributed by atoms with Gasteiger partial charge in [0.2, 0.25) is 0 Å². The van der Waals surface area contributed by atoms with E-state index in [0.717, 1.165) is 28.5 Å². The molecule has 3 nitrogen and oxygen atoms in total. The molecule has 0 bridgehead atoms. The molecule has 0 aromatic heterocycles. The predicted octanol–water partition coefficient (Wildman–Crippen LogP) is 4.52. The maximum Gasteiger partial charge on any atom is 0.311 e. The number of carbonyl (C=O) groups is 1. The smallest absolute Gasteiger partial charge is 0.311 e. The number of hydrogen-bond donors (Lipinski definition) is 1. The van der Waals surface area contributed by atoms with Crippen LogP contribution in [0.1, 0.15) is 25.3 Å². The van der Waals surface area contributed by atoms with Crippen molar-refractivity contribution in [1.29, 1.82) is 0 Å². The number of carboxylic acids is 1. The number of hydrogen-bond acceptors (Lipinski definition) is 2. The molecule has 2 rings (SSSR count). The molecule has 2 aromatic carbocycles. The Bertz CT molecular complexity index is 739. The number of fused-ring (bicyclic) bond motifs is 1. The van der Waals surface area contributed by atoms with Crippen LogP contribution in [0.25, 0.3) is 16.3 Å². The summed E-state index contributed by atoms with van der Waals surface area (Å²) in [6.07, 6.45) is 1.38. The maximum atomic E-state index is 11.5. The van der Waals surface area contributed by atoms with E-state index in [1.807, 2.05) is 43.3 Å². The molecule has 0 radical (unpaired) electrons. The van der Waals surface area contributed by atoms with E-state index in [9.17, 15) is 9.90 Å². The van der Waals surface area contributed by atoms with Crippen molar-refractivity contribution in [3.63, 3.8) is 0 Å². The molecule has 0 aliphatic heterocycles. The number of ether oxygens (including phenoxy) is 1. The molecule has 0 spiro atoms. The number of methoxy groups -OCH3 is 1. The first kappa shape index (κ1) is 15.9. The summed E-state index contributed by atoms with van der Waals surface area (Å²) in [4.78, 5) is 11.5. The van der Waals surface area contributed by atoms with Crippen molar-refractivity contribution in [2.24, 2.45) is 5.92 Å². The highest BCUT2D eigenvalue weighted by molar-refractivity contribution is 5.92. The van der Waals surface area contributed by atoms with Crippen LogP contribution >= 0.6 is 0 Å². The first-order valence-corrected chi connectivity index (χ1v) is 7.31. The Morgan fingerprint density at radius 3 is 2.55 bits per heavy atom. The van der Waals surface area contributed by atoms with Gasteiger partial charge in [-0.05, 0) is 41.0 Å². The molecule has 0 amide bonds. The van der Waals surface area contributed by atoms with Gasteiger partial charge < -0.3 is 9.84 Å². The van der Waals surface area contributed by atoms with Crippen LogP contribution in [0.3, 0.4) is 0 Å². The SMILES string of the molecule is C=C=C(c1ccc2cc(OC)ccc2c1)C(CCC)C(=O)O. The van der Waals surface area contributed by atoms with Crippen molar-refractivity contribution in [2.75, 3.05) is 7.11 Å². The molecular formula is C19H20O3. The van der Waals surface area contributed by atoms with Gasteiger partial charge in [0, 0.05) is 5.57 Å². The predicted molar refractivity (Wildman–Crippen MR) is 89.1 cm³/mol. The second-order valence-electron chi connectivity index (χ2n) is 5.20. The molecule has 1 N–H and O–H groups in total. The van der Waals surface area contributed by atoms with Crippen molar-refractivity contribution >= 4 is 22.3 Å². The average molecular weight is 296 g/mol. The summed E-state index contributed by atoms with van der Waals surface area (Å²) in [5.41, 5.74) is 4.33. The zero-order valence-corrected chi connectivity index (χ0v) is 12.9. The Balaban J connectivity index is 2.48. The minimum atomic E-state index is -0.831. The maximum absolute atomic E-state index is 11.5.